The molecule has 0 atom stereocenters. The summed E-state index contributed by atoms with van der Waals surface area (Å²) in [5.41, 5.74) is 1.34. The largest absolute Gasteiger partial charge is 0.493 e. The maximum absolute atomic E-state index is 13.4. The second kappa shape index (κ2) is 10.3. The molecule has 0 bridgehead atoms. The number of ether oxygens (including phenoxy) is 2. The third-order valence-electron chi connectivity index (χ3n) is 5.73. The Kier molecular flexibility index (Phi) is 7.25. The maximum atomic E-state index is 13.4. The predicted octanol–water partition coefficient (Wildman–Crippen LogP) is 5.89. The quantitative estimate of drug-likeness (QED) is 0.382. The zero-order chi connectivity index (χ0) is 22.5. The highest BCUT2D eigenvalue weighted by molar-refractivity contribution is 9.10. The third kappa shape index (κ3) is 4.72. The Balaban J connectivity index is 1.82. The summed E-state index contributed by atoms with van der Waals surface area (Å²) in [6.07, 6.45) is 7.26. The van der Waals surface area contributed by atoms with Crippen molar-refractivity contribution in [2.75, 3.05) is 13.2 Å². The van der Waals surface area contributed by atoms with Crippen LogP contribution in [0.15, 0.2) is 50.8 Å². The minimum absolute atomic E-state index is 0.143. The van der Waals surface area contributed by atoms with Crippen LogP contribution in [-0.2, 0) is 0 Å². The Labute approximate surface area is 196 Å². The predicted molar refractivity (Wildman–Crippen MR) is 131 cm³/mol. The Bertz CT molecular complexity index is 1180. The van der Waals surface area contributed by atoms with Gasteiger partial charge in [-0.15, -0.1) is 0 Å². The number of halogens is 1. The Morgan fingerprint density at radius 1 is 1.09 bits per heavy atom. The minimum atomic E-state index is -0.143. The molecule has 168 valence electrons. The summed E-state index contributed by atoms with van der Waals surface area (Å²) in [6.45, 7) is 4.94. The van der Waals surface area contributed by atoms with Crippen molar-refractivity contribution < 1.29 is 9.47 Å². The number of nitrogens with zero attached hydrogens (tertiary/aromatic N) is 3. The summed E-state index contributed by atoms with van der Waals surface area (Å²) in [5.74, 6) is 2.34. The molecule has 4 rings (SSSR count). The highest BCUT2D eigenvalue weighted by Crippen LogP contribution is 2.34. The highest BCUT2D eigenvalue weighted by atomic mass is 79.9. The molecule has 2 aromatic carbocycles. The van der Waals surface area contributed by atoms with Gasteiger partial charge in [-0.2, -0.15) is 9.78 Å². The van der Waals surface area contributed by atoms with Crippen LogP contribution in [0.1, 0.15) is 63.3 Å². The van der Waals surface area contributed by atoms with E-state index in [1.54, 1.807) is 12.3 Å². The van der Waals surface area contributed by atoms with E-state index >= 15 is 0 Å². The normalized spacial score (nSPS) is 14.8. The summed E-state index contributed by atoms with van der Waals surface area (Å²) >= 11 is 3.56. The standard InChI is InChI=1S/C25H28BrN3O3/c1-3-31-22-15-23(32-4-2)20(26)14-18(22)16-27-29-24(17-10-6-5-7-11-17)28-21-13-9-8-12-19(21)25(29)30/h8-9,12-17H,3-7,10-11H2,1-2H3. The first-order valence-electron chi connectivity index (χ1n) is 11.3. The molecular weight excluding hydrogens is 470 g/mol. The van der Waals surface area contributed by atoms with Crippen molar-refractivity contribution in [1.29, 1.82) is 0 Å². The van der Waals surface area contributed by atoms with Crippen molar-refractivity contribution in [3.8, 4) is 11.5 Å². The third-order valence-corrected chi connectivity index (χ3v) is 6.35. The monoisotopic (exact) mass is 497 g/mol. The molecule has 32 heavy (non-hydrogen) atoms. The van der Waals surface area contributed by atoms with Crippen LogP contribution in [0.25, 0.3) is 10.9 Å². The van der Waals surface area contributed by atoms with Crippen LogP contribution in [0.4, 0.5) is 0 Å². The van der Waals surface area contributed by atoms with Crippen LogP contribution in [-0.4, -0.2) is 29.1 Å². The lowest BCUT2D eigenvalue weighted by molar-refractivity contribution is 0.321. The molecular formula is C25H28BrN3O3. The Hall–Kier alpha value is -2.67. The van der Waals surface area contributed by atoms with Crippen LogP contribution < -0.4 is 15.0 Å². The van der Waals surface area contributed by atoms with Crippen molar-refractivity contribution in [1.82, 2.24) is 9.66 Å². The summed E-state index contributed by atoms with van der Waals surface area (Å²) in [5, 5.41) is 5.21. The van der Waals surface area contributed by atoms with Gasteiger partial charge in [0, 0.05) is 17.5 Å². The lowest BCUT2D eigenvalue weighted by atomic mass is 9.88. The lowest BCUT2D eigenvalue weighted by Gasteiger charge is -2.22. The SMILES string of the molecule is CCOc1cc(OCC)c(C=Nn2c(C3CCCCC3)nc3ccccc3c2=O)cc1Br. The molecule has 0 N–H and O–H groups in total. The lowest BCUT2D eigenvalue weighted by Crippen LogP contribution is -2.25. The molecule has 0 unspecified atom stereocenters. The zero-order valence-electron chi connectivity index (χ0n) is 18.5. The van der Waals surface area contributed by atoms with E-state index in [-0.39, 0.29) is 11.5 Å². The molecule has 0 aliphatic heterocycles. The van der Waals surface area contributed by atoms with Crippen molar-refractivity contribution >= 4 is 33.0 Å². The van der Waals surface area contributed by atoms with Crippen molar-refractivity contribution in [2.45, 2.75) is 51.9 Å². The van der Waals surface area contributed by atoms with E-state index in [1.807, 2.05) is 44.2 Å². The fourth-order valence-corrected chi connectivity index (χ4v) is 4.67. The topological polar surface area (TPSA) is 65.7 Å². The fraction of sp³-hybridized carbons (Fsp3) is 0.400. The molecule has 7 heteroatoms. The number of aromatic nitrogens is 2. The molecule has 0 saturated heterocycles. The number of fused-ring (bicyclic) bond motifs is 1. The van der Waals surface area contributed by atoms with E-state index in [0.717, 1.165) is 47.1 Å². The summed E-state index contributed by atoms with van der Waals surface area (Å²) in [4.78, 5) is 18.3. The highest BCUT2D eigenvalue weighted by Gasteiger charge is 2.22. The molecule has 1 aromatic heterocycles. The molecule has 1 fully saturated rings. The van der Waals surface area contributed by atoms with Gasteiger partial charge in [0.05, 0.1) is 34.8 Å². The van der Waals surface area contributed by atoms with Gasteiger partial charge in [-0.05, 0) is 60.8 Å². The molecule has 6 nitrogen and oxygen atoms in total. The van der Waals surface area contributed by atoms with E-state index in [9.17, 15) is 4.79 Å². The van der Waals surface area contributed by atoms with Crippen LogP contribution in [0.3, 0.4) is 0 Å². The number of para-hydroxylation sites is 1. The smallest absolute Gasteiger partial charge is 0.282 e. The van der Waals surface area contributed by atoms with Gasteiger partial charge in [0.15, 0.2) is 0 Å². The first-order chi connectivity index (χ1) is 15.6. The number of hydrogen-bond acceptors (Lipinski definition) is 5. The second-order valence-corrected chi connectivity index (χ2v) is 8.72. The van der Waals surface area contributed by atoms with Gasteiger partial charge >= 0.3 is 0 Å². The van der Waals surface area contributed by atoms with Crippen LogP contribution in [0, 0.1) is 0 Å². The average molecular weight is 498 g/mol. The Morgan fingerprint density at radius 3 is 2.56 bits per heavy atom. The van der Waals surface area contributed by atoms with E-state index in [4.69, 9.17) is 14.5 Å². The van der Waals surface area contributed by atoms with E-state index in [2.05, 4.69) is 21.0 Å². The fourth-order valence-electron chi connectivity index (χ4n) is 4.20. The minimum Gasteiger partial charge on any atom is -0.493 e. The molecule has 1 aliphatic carbocycles. The van der Waals surface area contributed by atoms with Gasteiger partial charge in [0.25, 0.3) is 5.56 Å². The molecule has 1 saturated carbocycles. The first-order valence-corrected chi connectivity index (χ1v) is 12.1. The van der Waals surface area contributed by atoms with E-state index < -0.39 is 0 Å². The molecule has 1 heterocycles. The molecule has 0 amide bonds. The first kappa shape index (κ1) is 22.5. The van der Waals surface area contributed by atoms with Gasteiger partial charge in [0.1, 0.15) is 17.3 Å². The van der Waals surface area contributed by atoms with E-state index in [0.29, 0.717) is 30.1 Å². The number of hydrogen-bond donors (Lipinski definition) is 0. The molecule has 0 radical (unpaired) electrons. The van der Waals surface area contributed by atoms with Gasteiger partial charge in [0.2, 0.25) is 0 Å². The number of benzene rings is 2. The number of rotatable bonds is 7. The molecule has 0 spiro atoms. The van der Waals surface area contributed by atoms with Crippen LogP contribution in [0.2, 0.25) is 0 Å². The van der Waals surface area contributed by atoms with Crippen LogP contribution >= 0.6 is 15.9 Å². The van der Waals surface area contributed by atoms with Crippen molar-refractivity contribution in [2.24, 2.45) is 5.10 Å². The van der Waals surface area contributed by atoms with Gasteiger partial charge in [-0.1, -0.05) is 31.4 Å². The van der Waals surface area contributed by atoms with E-state index in [1.165, 1.54) is 11.1 Å². The summed E-state index contributed by atoms with van der Waals surface area (Å²) in [7, 11) is 0. The molecule has 1 aliphatic rings. The van der Waals surface area contributed by atoms with Gasteiger partial charge < -0.3 is 9.47 Å². The van der Waals surface area contributed by atoms with Gasteiger partial charge in [-0.25, -0.2) is 4.98 Å². The average Bonchev–Trinajstić information content (AvgIpc) is 2.81. The maximum Gasteiger partial charge on any atom is 0.282 e. The summed E-state index contributed by atoms with van der Waals surface area (Å²) < 4.78 is 13.8. The van der Waals surface area contributed by atoms with Crippen molar-refractivity contribution in [3.63, 3.8) is 0 Å². The zero-order valence-corrected chi connectivity index (χ0v) is 20.1. The Morgan fingerprint density at radius 2 is 1.81 bits per heavy atom. The molecule has 3 aromatic rings. The van der Waals surface area contributed by atoms with Crippen molar-refractivity contribution in [3.05, 3.63) is 62.6 Å². The van der Waals surface area contributed by atoms with Crippen LogP contribution in [0.5, 0.6) is 11.5 Å². The van der Waals surface area contributed by atoms with Gasteiger partial charge in [-0.3, -0.25) is 4.79 Å². The second-order valence-electron chi connectivity index (χ2n) is 7.87. The summed E-state index contributed by atoms with van der Waals surface area (Å²) in [6, 6.07) is 11.2.